The molecule has 1 aliphatic rings. The second-order valence-electron chi connectivity index (χ2n) is 6.47. The van der Waals surface area contributed by atoms with Gasteiger partial charge in [-0.15, -0.1) is 0 Å². The maximum atomic E-state index is 5.97. The van der Waals surface area contributed by atoms with Gasteiger partial charge in [0.2, 0.25) is 0 Å². The summed E-state index contributed by atoms with van der Waals surface area (Å²) in [5.74, 6) is 1.96. The second-order valence-corrected chi connectivity index (χ2v) is 6.47. The predicted octanol–water partition coefficient (Wildman–Crippen LogP) is 3.01. The number of hydrogen-bond donors (Lipinski definition) is 1. The molecule has 114 valence electrons. The molecule has 0 spiro atoms. The molecule has 0 saturated carbocycles. The third-order valence-electron chi connectivity index (χ3n) is 4.42. The van der Waals surface area contributed by atoms with Gasteiger partial charge in [0.25, 0.3) is 0 Å². The Labute approximate surface area is 128 Å². The van der Waals surface area contributed by atoms with E-state index in [9.17, 15) is 0 Å². The number of aromatic nitrogens is 1. The van der Waals surface area contributed by atoms with Crippen molar-refractivity contribution >= 4 is 13.2 Å². The minimum atomic E-state index is -0.326. The van der Waals surface area contributed by atoms with Gasteiger partial charge >= 0.3 is 7.12 Å². The molecular weight excluding hydrogens is 263 g/mol. The van der Waals surface area contributed by atoms with E-state index >= 15 is 0 Å². The van der Waals surface area contributed by atoms with Crippen LogP contribution in [0.4, 0.5) is 0 Å². The lowest BCUT2D eigenvalue weighted by molar-refractivity contribution is 0.00578. The molecule has 21 heavy (non-hydrogen) atoms. The molecule has 1 aromatic heterocycles. The maximum absolute atomic E-state index is 5.97. The predicted molar refractivity (Wildman–Crippen MR) is 86.8 cm³/mol. The highest BCUT2D eigenvalue weighted by atomic mass is 16.7. The number of pyridine rings is 1. The van der Waals surface area contributed by atoms with Crippen LogP contribution >= 0.6 is 0 Å². The van der Waals surface area contributed by atoms with Crippen molar-refractivity contribution in [3.8, 4) is 0 Å². The fourth-order valence-corrected chi connectivity index (χ4v) is 2.22. The van der Waals surface area contributed by atoms with E-state index in [4.69, 9.17) is 9.31 Å². The Morgan fingerprint density at radius 2 is 1.86 bits per heavy atom. The molecule has 5 heteroatoms. The van der Waals surface area contributed by atoms with Crippen molar-refractivity contribution in [2.75, 3.05) is 7.05 Å². The third kappa shape index (κ3) is 3.36. The first-order valence-electron chi connectivity index (χ1n) is 7.43. The highest BCUT2D eigenvalue weighted by molar-refractivity contribution is 6.52. The van der Waals surface area contributed by atoms with Crippen LogP contribution in [0.2, 0.25) is 0 Å². The van der Waals surface area contributed by atoms with Crippen molar-refractivity contribution in [1.29, 1.82) is 0 Å². The van der Waals surface area contributed by atoms with Gasteiger partial charge in [-0.3, -0.25) is 4.98 Å². The SMILES string of the molecule is CN[C@H](C)c1ncccc1/C=C/B1OC(C)(C)C(C)(C)O1. The zero-order chi connectivity index (χ0) is 15.7. The van der Waals surface area contributed by atoms with E-state index in [1.165, 1.54) is 0 Å². The molecule has 0 bridgehead atoms. The van der Waals surface area contributed by atoms with E-state index in [0.29, 0.717) is 0 Å². The Hall–Kier alpha value is -1.17. The molecule has 2 heterocycles. The van der Waals surface area contributed by atoms with E-state index in [2.05, 4.69) is 51.0 Å². The molecule has 0 unspecified atom stereocenters. The van der Waals surface area contributed by atoms with Crippen molar-refractivity contribution in [3.63, 3.8) is 0 Å². The van der Waals surface area contributed by atoms with Gasteiger partial charge < -0.3 is 14.6 Å². The Morgan fingerprint density at radius 3 is 2.43 bits per heavy atom. The molecule has 0 amide bonds. The molecule has 0 aromatic carbocycles. The van der Waals surface area contributed by atoms with Gasteiger partial charge in [0.15, 0.2) is 0 Å². The molecule has 1 atom stereocenters. The van der Waals surface area contributed by atoms with Gasteiger partial charge in [-0.2, -0.15) is 0 Å². The smallest absolute Gasteiger partial charge is 0.400 e. The number of nitrogens with zero attached hydrogens (tertiary/aromatic N) is 1. The summed E-state index contributed by atoms with van der Waals surface area (Å²) >= 11 is 0. The van der Waals surface area contributed by atoms with Crippen molar-refractivity contribution < 1.29 is 9.31 Å². The number of rotatable bonds is 4. The van der Waals surface area contributed by atoms with Crippen LogP contribution in [0.1, 0.15) is 51.9 Å². The van der Waals surface area contributed by atoms with Gasteiger partial charge in [0.05, 0.1) is 16.9 Å². The molecule has 0 radical (unpaired) electrons. The van der Waals surface area contributed by atoms with Gasteiger partial charge in [-0.1, -0.05) is 18.1 Å². The minimum Gasteiger partial charge on any atom is -0.400 e. The summed E-state index contributed by atoms with van der Waals surface area (Å²) in [6.45, 7) is 10.3. The van der Waals surface area contributed by atoms with E-state index in [1.807, 2.05) is 31.4 Å². The first-order valence-corrected chi connectivity index (χ1v) is 7.43. The highest BCUT2D eigenvalue weighted by Gasteiger charge is 2.50. The van der Waals surface area contributed by atoms with Gasteiger partial charge in [-0.25, -0.2) is 0 Å². The maximum Gasteiger partial charge on any atom is 0.487 e. The van der Waals surface area contributed by atoms with E-state index in [0.717, 1.165) is 11.3 Å². The normalized spacial score (nSPS) is 21.9. The van der Waals surface area contributed by atoms with Crippen LogP contribution in [-0.4, -0.2) is 30.4 Å². The van der Waals surface area contributed by atoms with Crippen LogP contribution in [0.15, 0.2) is 24.3 Å². The Kier molecular flexibility index (Phi) is 4.56. The quantitative estimate of drug-likeness (QED) is 0.865. The standard InChI is InChI=1S/C16H25BN2O2/c1-12(18-6)14-13(8-7-11-19-14)9-10-17-20-15(2,3)16(4,5)21-17/h7-12,18H,1-6H3/b10-9+/t12-/m1/s1. The van der Waals surface area contributed by atoms with Crippen LogP contribution in [-0.2, 0) is 9.31 Å². The summed E-state index contributed by atoms with van der Waals surface area (Å²) < 4.78 is 11.9. The lowest BCUT2D eigenvalue weighted by atomic mass is 9.88. The Bertz CT molecular complexity index is 513. The van der Waals surface area contributed by atoms with Crippen LogP contribution < -0.4 is 5.32 Å². The highest BCUT2D eigenvalue weighted by Crippen LogP contribution is 2.37. The van der Waals surface area contributed by atoms with E-state index < -0.39 is 0 Å². The minimum absolute atomic E-state index is 0.198. The zero-order valence-electron chi connectivity index (χ0n) is 13.8. The van der Waals surface area contributed by atoms with Crippen LogP contribution in [0.25, 0.3) is 6.08 Å². The molecule has 1 fully saturated rings. The molecule has 1 aromatic rings. The fraction of sp³-hybridized carbons (Fsp3) is 0.562. The average molecular weight is 288 g/mol. The summed E-state index contributed by atoms with van der Waals surface area (Å²) in [7, 11) is 1.61. The summed E-state index contributed by atoms with van der Waals surface area (Å²) in [5, 5.41) is 3.22. The molecule has 2 rings (SSSR count). The first kappa shape index (κ1) is 16.2. The number of nitrogens with one attached hydrogen (secondary N) is 1. The third-order valence-corrected chi connectivity index (χ3v) is 4.42. The molecule has 0 aliphatic carbocycles. The lowest BCUT2D eigenvalue weighted by Gasteiger charge is -2.32. The largest absolute Gasteiger partial charge is 0.487 e. The summed E-state index contributed by atoms with van der Waals surface area (Å²) in [6, 6.07) is 4.19. The van der Waals surface area contributed by atoms with Crippen molar-refractivity contribution in [2.24, 2.45) is 0 Å². The monoisotopic (exact) mass is 288 g/mol. The van der Waals surface area contributed by atoms with Crippen molar-refractivity contribution in [1.82, 2.24) is 10.3 Å². The number of hydrogen-bond acceptors (Lipinski definition) is 4. The molecule has 4 nitrogen and oxygen atoms in total. The Morgan fingerprint density at radius 1 is 1.24 bits per heavy atom. The van der Waals surface area contributed by atoms with Crippen LogP contribution in [0.5, 0.6) is 0 Å². The topological polar surface area (TPSA) is 43.4 Å². The second kappa shape index (κ2) is 5.91. The van der Waals surface area contributed by atoms with Gasteiger partial charge in [-0.05, 0) is 53.3 Å². The molecule has 1 N–H and O–H groups in total. The molecule has 1 saturated heterocycles. The van der Waals surface area contributed by atoms with Gasteiger partial charge in [0, 0.05) is 12.2 Å². The van der Waals surface area contributed by atoms with Crippen molar-refractivity contribution in [2.45, 2.75) is 51.9 Å². The van der Waals surface area contributed by atoms with Crippen molar-refractivity contribution in [3.05, 3.63) is 35.6 Å². The summed E-state index contributed by atoms with van der Waals surface area (Å²) in [4.78, 5) is 4.46. The van der Waals surface area contributed by atoms with E-state index in [-0.39, 0.29) is 24.4 Å². The van der Waals surface area contributed by atoms with E-state index in [1.54, 1.807) is 0 Å². The lowest BCUT2D eigenvalue weighted by Crippen LogP contribution is -2.41. The summed E-state index contributed by atoms with van der Waals surface area (Å²) in [6.07, 6.45) is 3.84. The Balaban J connectivity index is 2.17. The summed E-state index contributed by atoms with van der Waals surface area (Å²) in [5.41, 5.74) is 1.48. The van der Waals surface area contributed by atoms with Crippen LogP contribution in [0.3, 0.4) is 0 Å². The zero-order valence-corrected chi connectivity index (χ0v) is 13.8. The fourth-order valence-electron chi connectivity index (χ4n) is 2.22. The molecule has 1 aliphatic heterocycles. The molecular formula is C16H25BN2O2. The average Bonchev–Trinajstić information content (AvgIpc) is 2.64. The first-order chi connectivity index (χ1) is 9.77. The van der Waals surface area contributed by atoms with Crippen LogP contribution in [0, 0.1) is 0 Å². The van der Waals surface area contributed by atoms with Gasteiger partial charge in [0.1, 0.15) is 0 Å².